The summed E-state index contributed by atoms with van der Waals surface area (Å²) in [7, 11) is 0. The van der Waals surface area contributed by atoms with Crippen LogP contribution in [0, 0.1) is 0 Å². The highest BCUT2D eigenvalue weighted by molar-refractivity contribution is 5.89. The van der Waals surface area contributed by atoms with Crippen LogP contribution in [-0.4, -0.2) is 32.3 Å². The number of hydrogen-bond acceptors (Lipinski definition) is 5. The van der Waals surface area contributed by atoms with Gasteiger partial charge in [0, 0.05) is 21.0 Å². The topological polar surface area (TPSA) is 104 Å². The molecule has 1 fully saturated rings. The number of rotatable bonds is 1. The van der Waals surface area contributed by atoms with Crippen molar-refractivity contribution in [3.05, 3.63) is 39.5 Å². The van der Waals surface area contributed by atoms with E-state index >= 15 is 0 Å². The summed E-state index contributed by atoms with van der Waals surface area (Å²) in [6.45, 7) is 0. The van der Waals surface area contributed by atoms with Crippen molar-refractivity contribution < 1.29 is 25.3 Å². The Morgan fingerprint density at radius 3 is 2.92 bits per heavy atom. The number of alkyl halides is 3. The molecule has 0 unspecified atom stereocenters. The lowest BCUT2D eigenvalue weighted by Gasteiger charge is -2.34. The summed E-state index contributed by atoms with van der Waals surface area (Å²) in [6.07, 6.45) is -2.82. The minimum absolute atomic E-state index is 0. The van der Waals surface area contributed by atoms with Crippen LogP contribution in [0.4, 0.5) is 23.8 Å². The van der Waals surface area contributed by atoms with Gasteiger partial charge in [-0.25, -0.2) is 9.89 Å². The number of carbonyl (C=O) groups excluding carboxylic acids is 1. The average molecular weight is 359 g/mol. The maximum atomic E-state index is 12.5. The molecule has 4 rings (SSSR count). The van der Waals surface area contributed by atoms with Crippen molar-refractivity contribution in [3.8, 4) is 0 Å². The van der Waals surface area contributed by atoms with Gasteiger partial charge in [-0.1, -0.05) is 5.16 Å². The number of anilines is 1. The fourth-order valence-corrected chi connectivity index (χ4v) is 3.46. The molecule has 0 aromatic carbocycles. The van der Waals surface area contributed by atoms with Crippen molar-refractivity contribution in [2.75, 3.05) is 5.32 Å². The predicted molar refractivity (Wildman–Crippen MR) is 80.9 cm³/mol. The molecule has 2 atom stereocenters. The highest BCUT2D eigenvalue weighted by Crippen LogP contribution is 2.42. The van der Waals surface area contributed by atoms with Gasteiger partial charge in [-0.3, -0.25) is 10.1 Å². The normalized spacial score (nSPS) is 22.0. The molecular formula is C14H16F3N5O3. The van der Waals surface area contributed by atoms with Crippen molar-refractivity contribution in [3.63, 3.8) is 0 Å². The van der Waals surface area contributed by atoms with Crippen LogP contribution >= 0.6 is 0 Å². The third-order valence-corrected chi connectivity index (χ3v) is 4.45. The Hall–Kier alpha value is -2.85. The number of urea groups is 1. The zero-order chi connectivity index (χ0) is 17.8. The number of aromatic nitrogens is 3. The molecule has 2 amide bonds. The zero-order valence-electron chi connectivity index (χ0n) is 12.6. The quantitative estimate of drug-likeness (QED) is 0.814. The van der Waals surface area contributed by atoms with Crippen LogP contribution in [0.3, 0.4) is 0 Å². The minimum atomic E-state index is -4.67. The van der Waals surface area contributed by atoms with E-state index in [4.69, 9.17) is 0 Å². The summed E-state index contributed by atoms with van der Waals surface area (Å²) in [5, 5.41) is 11.9. The van der Waals surface area contributed by atoms with Crippen molar-refractivity contribution in [1.82, 2.24) is 20.3 Å². The van der Waals surface area contributed by atoms with E-state index in [0.29, 0.717) is 24.6 Å². The van der Waals surface area contributed by atoms with E-state index in [2.05, 4.69) is 25.2 Å². The van der Waals surface area contributed by atoms with Gasteiger partial charge in [0.25, 0.3) is 5.56 Å². The van der Waals surface area contributed by atoms with E-state index in [1.54, 1.807) is 0 Å². The molecule has 2 bridgehead atoms. The first kappa shape index (κ1) is 15.7. The first-order chi connectivity index (χ1) is 11.8. The van der Waals surface area contributed by atoms with E-state index in [9.17, 15) is 22.8 Å². The van der Waals surface area contributed by atoms with E-state index in [0.717, 1.165) is 12.0 Å². The lowest BCUT2D eigenvalue weighted by atomic mass is 9.99. The number of fused-ring (bicyclic) bond motifs is 4. The van der Waals surface area contributed by atoms with Gasteiger partial charge in [0.1, 0.15) is 0 Å². The lowest BCUT2D eigenvalue weighted by molar-refractivity contribution is -0.155. The number of aromatic amines is 1. The second-order valence-corrected chi connectivity index (χ2v) is 6.01. The number of hydrogen-bond donors (Lipinski definition) is 2. The van der Waals surface area contributed by atoms with Gasteiger partial charge in [-0.05, 0) is 24.8 Å². The smallest absolute Gasteiger partial charge is 0.349 e. The molecule has 2 aromatic rings. The average Bonchev–Trinajstić information content (AvgIpc) is 3.11. The zero-order valence-corrected chi connectivity index (χ0v) is 12.6. The monoisotopic (exact) mass is 359 g/mol. The van der Waals surface area contributed by atoms with Gasteiger partial charge >= 0.3 is 12.2 Å². The maximum absolute atomic E-state index is 12.5. The molecule has 0 spiro atoms. The fraction of sp³-hybridized carbons (Fsp3) is 0.429. The maximum Gasteiger partial charge on any atom is 0.452 e. The van der Waals surface area contributed by atoms with Crippen LogP contribution in [0.15, 0.2) is 21.5 Å². The summed E-state index contributed by atoms with van der Waals surface area (Å²) in [6, 6.07) is 1.05. The molecule has 2 aliphatic heterocycles. The molecule has 136 valence electrons. The second kappa shape index (κ2) is 5.33. The van der Waals surface area contributed by atoms with Gasteiger partial charge in [0.15, 0.2) is 5.82 Å². The molecule has 2 aliphatic rings. The molecule has 4 heterocycles. The van der Waals surface area contributed by atoms with Crippen molar-refractivity contribution in [2.45, 2.75) is 37.5 Å². The SMILES string of the molecule is O=C(Nc1cc(C(F)(F)F)on1)N1[C@H]2CC[C@@H]1c1n[nH]c(=O)cc1C2.[HH].[HH]. The minimum Gasteiger partial charge on any atom is -0.349 e. The molecule has 1 saturated heterocycles. The molecule has 0 aliphatic carbocycles. The Kier molecular flexibility index (Phi) is 3.34. The Bertz CT molecular complexity index is 901. The van der Waals surface area contributed by atoms with Crippen LogP contribution in [0.25, 0.3) is 0 Å². The molecule has 0 saturated carbocycles. The lowest BCUT2D eigenvalue weighted by Crippen LogP contribution is -2.45. The molecule has 8 nitrogen and oxygen atoms in total. The summed E-state index contributed by atoms with van der Waals surface area (Å²) >= 11 is 0. The summed E-state index contributed by atoms with van der Waals surface area (Å²) < 4.78 is 41.8. The molecular weight excluding hydrogens is 343 g/mol. The van der Waals surface area contributed by atoms with Gasteiger partial charge in [0.2, 0.25) is 5.76 Å². The second-order valence-electron chi connectivity index (χ2n) is 6.01. The van der Waals surface area contributed by atoms with Crippen molar-refractivity contribution >= 4 is 11.8 Å². The fourth-order valence-electron chi connectivity index (χ4n) is 3.46. The van der Waals surface area contributed by atoms with Crippen LogP contribution in [-0.2, 0) is 12.6 Å². The van der Waals surface area contributed by atoms with Crippen molar-refractivity contribution in [1.29, 1.82) is 0 Å². The molecule has 25 heavy (non-hydrogen) atoms. The molecule has 2 aromatic heterocycles. The van der Waals surface area contributed by atoms with E-state index in [-0.39, 0.29) is 26.3 Å². The van der Waals surface area contributed by atoms with Gasteiger partial charge < -0.3 is 9.42 Å². The van der Waals surface area contributed by atoms with E-state index in [1.807, 2.05) is 0 Å². The van der Waals surface area contributed by atoms with E-state index < -0.39 is 18.0 Å². The number of nitrogens with zero attached hydrogens (tertiary/aromatic N) is 3. The van der Waals surface area contributed by atoms with Crippen LogP contribution < -0.4 is 10.9 Å². The Morgan fingerprint density at radius 2 is 2.20 bits per heavy atom. The standard InChI is InChI=1S/C14H12F3N5O3.2H2/c15-14(16,17)9-5-10(21-25-9)18-13(24)22-7-1-2-8(22)12-6(3-7)4-11(23)19-20-12;;/h4-5,7-8H,1-3H2,(H,19,23)(H,18,21,24);2*1H/t7-,8+;;/m0../s1. The molecule has 2 N–H and O–H groups in total. The highest BCUT2D eigenvalue weighted by Gasteiger charge is 2.44. The number of nitrogens with one attached hydrogen (secondary N) is 2. The van der Waals surface area contributed by atoms with Gasteiger partial charge in [-0.2, -0.15) is 18.3 Å². The third kappa shape index (κ3) is 2.65. The Balaban J connectivity index is 0.00000131. The van der Waals surface area contributed by atoms with Crippen LogP contribution in [0.5, 0.6) is 0 Å². The first-order valence-corrected chi connectivity index (χ1v) is 7.54. The number of amides is 2. The van der Waals surface area contributed by atoms with E-state index in [1.165, 1.54) is 11.0 Å². The molecule has 0 radical (unpaired) electrons. The summed E-state index contributed by atoms with van der Waals surface area (Å²) in [5.74, 6) is -1.59. The first-order valence-electron chi connectivity index (χ1n) is 7.54. The Labute approximate surface area is 141 Å². The number of halogens is 3. The highest BCUT2D eigenvalue weighted by atomic mass is 19.4. The van der Waals surface area contributed by atoms with Gasteiger partial charge in [0.05, 0.1) is 11.7 Å². The predicted octanol–water partition coefficient (Wildman–Crippen LogP) is 2.56. The summed E-state index contributed by atoms with van der Waals surface area (Å²) in [5.41, 5.74) is 1.10. The van der Waals surface area contributed by atoms with Crippen LogP contribution in [0.2, 0.25) is 0 Å². The number of carbonyl (C=O) groups is 1. The number of H-pyrrole nitrogens is 1. The third-order valence-electron chi connectivity index (χ3n) is 4.45. The molecule has 11 heteroatoms. The largest absolute Gasteiger partial charge is 0.452 e. The van der Waals surface area contributed by atoms with Crippen molar-refractivity contribution in [2.24, 2.45) is 0 Å². The van der Waals surface area contributed by atoms with Gasteiger partial charge in [-0.15, -0.1) is 0 Å². The Morgan fingerprint density at radius 1 is 1.40 bits per heavy atom. The summed E-state index contributed by atoms with van der Waals surface area (Å²) in [4.78, 5) is 25.4. The van der Waals surface area contributed by atoms with Crippen LogP contribution in [0.1, 0.15) is 38.8 Å².